The van der Waals surface area contributed by atoms with Gasteiger partial charge < -0.3 is 4.74 Å². The number of carbonyl (C=O) groups excluding carboxylic acids is 1. The van der Waals surface area contributed by atoms with E-state index in [2.05, 4.69) is 4.98 Å². The van der Waals surface area contributed by atoms with Crippen LogP contribution in [0.5, 0.6) is 5.75 Å². The third kappa shape index (κ3) is 2.58. The molecule has 0 atom stereocenters. The quantitative estimate of drug-likeness (QED) is 0.591. The van der Waals surface area contributed by atoms with Crippen LogP contribution in [-0.4, -0.2) is 11.0 Å². The molecule has 0 N–H and O–H groups in total. The highest BCUT2D eigenvalue weighted by Crippen LogP contribution is 2.15. The lowest BCUT2D eigenvalue weighted by Gasteiger charge is -2.03. The summed E-state index contributed by atoms with van der Waals surface area (Å²) in [5, 5.41) is 0.290. The first-order valence-corrected chi connectivity index (χ1v) is 5.02. The van der Waals surface area contributed by atoms with Crippen LogP contribution in [0.2, 0.25) is 5.15 Å². The lowest BCUT2D eigenvalue weighted by Crippen LogP contribution is -2.08. The summed E-state index contributed by atoms with van der Waals surface area (Å²) in [4.78, 5) is 15.4. The summed E-state index contributed by atoms with van der Waals surface area (Å²) in [6, 6.07) is 11.8. The molecule has 0 unspecified atom stereocenters. The Bertz CT molecular complexity index is 499. The van der Waals surface area contributed by atoms with Crippen molar-refractivity contribution in [1.29, 1.82) is 0 Å². The molecule has 0 fully saturated rings. The Morgan fingerprint density at radius 3 is 2.62 bits per heavy atom. The number of hydrogen-bond acceptors (Lipinski definition) is 3. The zero-order chi connectivity index (χ0) is 11.4. The molecule has 0 aliphatic carbocycles. The molecule has 0 amide bonds. The van der Waals surface area contributed by atoms with E-state index in [0.29, 0.717) is 16.5 Å². The van der Waals surface area contributed by atoms with Crippen molar-refractivity contribution < 1.29 is 9.53 Å². The molecule has 2 rings (SSSR count). The Hall–Kier alpha value is -1.87. The summed E-state index contributed by atoms with van der Waals surface area (Å²) in [5.41, 5.74) is 0.496. The summed E-state index contributed by atoms with van der Waals surface area (Å²) >= 11 is 5.67. The van der Waals surface area contributed by atoms with Crippen LogP contribution >= 0.6 is 11.6 Å². The van der Waals surface area contributed by atoms with Crippen LogP contribution in [-0.2, 0) is 0 Å². The molecule has 80 valence electrons. The van der Waals surface area contributed by atoms with Gasteiger partial charge in [0.2, 0.25) is 0 Å². The summed E-state index contributed by atoms with van der Waals surface area (Å²) < 4.78 is 5.12. The average molecular weight is 234 g/mol. The third-order valence-corrected chi connectivity index (χ3v) is 2.12. The second kappa shape index (κ2) is 4.77. The van der Waals surface area contributed by atoms with Crippen molar-refractivity contribution in [2.75, 3.05) is 0 Å². The topological polar surface area (TPSA) is 39.2 Å². The number of benzene rings is 1. The van der Waals surface area contributed by atoms with E-state index in [9.17, 15) is 4.79 Å². The molecule has 0 saturated carbocycles. The first-order valence-electron chi connectivity index (χ1n) is 4.64. The molecule has 16 heavy (non-hydrogen) atoms. The first-order chi connectivity index (χ1) is 7.75. The Morgan fingerprint density at radius 2 is 1.94 bits per heavy atom. The molecule has 1 aromatic carbocycles. The molecule has 0 spiro atoms. The maximum absolute atomic E-state index is 11.6. The number of hydrogen-bond donors (Lipinski definition) is 0. The molecule has 0 aliphatic rings. The van der Waals surface area contributed by atoms with Gasteiger partial charge >= 0.3 is 5.97 Å². The summed E-state index contributed by atoms with van der Waals surface area (Å²) in [7, 11) is 0. The van der Waals surface area contributed by atoms with Crippen LogP contribution in [0, 0.1) is 0 Å². The van der Waals surface area contributed by atoms with E-state index in [1.54, 1.807) is 30.3 Å². The minimum atomic E-state index is -0.414. The molecule has 0 bridgehead atoms. The molecule has 0 saturated heterocycles. The normalized spacial score (nSPS) is 9.81. The highest BCUT2D eigenvalue weighted by atomic mass is 35.5. The van der Waals surface area contributed by atoms with E-state index in [4.69, 9.17) is 16.3 Å². The smallest absolute Gasteiger partial charge is 0.343 e. The van der Waals surface area contributed by atoms with Gasteiger partial charge in [-0.1, -0.05) is 29.8 Å². The van der Waals surface area contributed by atoms with E-state index >= 15 is 0 Å². The fraction of sp³-hybridized carbons (Fsp3) is 0. The molecule has 1 aromatic heterocycles. The van der Waals surface area contributed by atoms with Gasteiger partial charge in [0.15, 0.2) is 0 Å². The van der Waals surface area contributed by atoms with Crippen molar-refractivity contribution in [2.24, 2.45) is 0 Å². The zero-order valence-electron chi connectivity index (χ0n) is 8.26. The van der Waals surface area contributed by atoms with Crippen molar-refractivity contribution in [3.05, 3.63) is 59.4 Å². The van der Waals surface area contributed by atoms with Crippen LogP contribution in [0.1, 0.15) is 10.4 Å². The zero-order valence-corrected chi connectivity index (χ0v) is 9.02. The van der Waals surface area contributed by atoms with Gasteiger partial charge in [-0.2, -0.15) is 0 Å². The monoisotopic (exact) mass is 233 g/mol. The fourth-order valence-corrected chi connectivity index (χ4v) is 1.35. The fourth-order valence-electron chi connectivity index (χ4n) is 1.19. The van der Waals surface area contributed by atoms with Gasteiger partial charge in [-0.05, 0) is 18.2 Å². The molecule has 0 aliphatic heterocycles. The highest BCUT2D eigenvalue weighted by Gasteiger charge is 2.07. The lowest BCUT2D eigenvalue weighted by atomic mass is 10.2. The summed E-state index contributed by atoms with van der Waals surface area (Å²) in [6.45, 7) is 0. The molecule has 4 heteroatoms. The van der Waals surface area contributed by atoms with Crippen LogP contribution < -0.4 is 4.74 Å². The number of pyridine rings is 1. The number of nitrogens with zero attached hydrogens (tertiary/aromatic N) is 1. The van der Waals surface area contributed by atoms with Gasteiger partial charge in [-0.3, -0.25) is 0 Å². The standard InChI is InChI=1S/C12H8ClNO2/c13-11-8-10(6-7-14-11)16-12(15)9-4-2-1-3-5-9/h1-8H. The van der Waals surface area contributed by atoms with Gasteiger partial charge in [0.05, 0.1) is 5.56 Å². The second-order valence-corrected chi connectivity index (χ2v) is 3.46. The number of carbonyl (C=O) groups is 1. The van der Waals surface area contributed by atoms with Crippen LogP contribution in [0.4, 0.5) is 0 Å². The average Bonchev–Trinajstić information content (AvgIpc) is 2.30. The van der Waals surface area contributed by atoms with Crippen molar-refractivity contribution in [3.8, 4) is 5.75 Å². The maximum Gasteiger partial charge on any atom is 0.343 e. The lowest BCUT2D eigenvalue weighted by molar-refractivity contribution is 0.0734. The predicted octanol–water partition coefficient (Wildman–Crippen LogP) is 2.95. The largest absolute Gasteiger partial charge is 0.423 e. The summed E-state index contributed by atoms with van der Waals surface area (Å²) in [6.07, 6.45) is 1.48. The Kier molecular flexibility index (Phi) is 3.17. The Labute approximate surface area is 97.7 Å². The molecule has 1 heterocycles. The predicted molar refractivity (Wildman–Crippen MR) is 60.6 cm³/mol. The molecule has 2 aromatic rings. The SMILES string of the molecule is O=C(Oc1ccnc(Cl)c1)c1ccccc1. The Balaban J connectivity index is 2.14. The minimum absolute atomic E-state index is 0.290. The van der Waals surface area contributed by atoms with Gasteiger partial charge in [0.25, 0.3) is 0 Å². The van der Waals surface area contributed by atoms with Crippen molar-refractivity contribution in [3.63, 3.8) is 0 Å². The van der Waals surface area contributed by atoms with Crippen LogP contribution in [0.15, 0.2) is 48.7 Å². The van der Waals surface area contributed by atoms with Crippen molar-refractivity contribution in [2.45, 2.75) is 0 Å². The van der Waals surface area contributed by atoms with E-state index in [1.807, 2.05) is 6.07 Å². The molecular weight excluding hydrogens is 226 g/mol. The molecular formula is C12H8ClNO2. The van der Waals surface area contributed by atoms with E-state index < -0.39 is 5.97 Å². The number of ether oxygens (including phenoxy) is 1. The van der Waals surface area contributed by atoms with Crippen molar-refractivity contribution >= 4 is 17.6 Å². The Morgan fingerprint density at radius 1 is 1.19 bits per heavy atom. The van der Waals surface area contributed by atoms with E-state index in [-0.39, 0.29) is 0 Å². The first kappa shape index (κ1) is 10.6. The van der Waals surface area contributed by atoms with Crippen molar-refractivity contribution in [1.82, 2.24) is 4.98 Å². The molecule has 0 radical (unpaired) electrons. The minimum Gasteiger partial charge on any atom is -0.423 e. The van der Waals surface area contributed by atoms with Crippen LogP contribution in [0.25, 0.3) is 0 Å². The van der Waals surface area contributed by atoms with Crippen LogP contribution in [0.3, 0.4) is 0 Å². The second-order valence-electron chi connectivity index (χ2n) is 3.07. The highest BCUT2D eigenvalue weighted by molar-refractivity contribution is 6.29. The van der Waals surface area contributed by atoms with Gasteiger partial charge in [-0.15, -0.1) is 0 Å². The number of aromatic nitrogens is 1. The van der Waals surface area contributed by atoms with E-state index in [0.717, 1.165) is 0 Å². The van der Waals surface area contributed by atoms with E-state index in [1.165, 1.54) is 12.3 Å². The van der Waals surface area contributed by atoms with Gasteiger partial charge in [0, 0.05) is 12.3 Å². The summed E-state index contributed by atoms with van der Waals surface area (Å²) in [5.74, 6) is -0.0308. The molecule has 3 nitrogen and oxygen atoms in total. The number of halogens is 1. The number of rotatable bonds is 2. The number of esters is 1. The van der Waals surface area contributed by atoms with Gasteiger partial charge in [0.1, 0.15) is 10.9 Å². The maximum atomic E-state index is 11.6. The van der Waals surface area contributed by atoms with Gasteiger partial charge in [-0.25, -0.2) is 9.78 Å². The third-order valence-electron chi connectivity index (χ3n) is 1.92.